The van der Waals surface area contributed by atoms with Crippen LogP contribution in [0.25, 0.3) is 11.3 Å². The van der Waals surface area contributed by atoms with Gasteiger partial charge in [0.2, 0.25) is 0 Å². The van der Waals surface area contributed by atoms with E-state index < -0.39 is 0 Å². The van der Waals surface area contributed by atoms with Gasteiger partial charge in [0.05, 0.1) is 10.7 Å². The summed E-state index contributed by atoms with van der Waals surface area (Å²) in [6.07, 6.45) is 0.550. The Kier molecular flexibility index (Phi) is 7.27. The minimum Gasteiger partial charge on any atom is -0.482 e. The number of benzene rings is 2. The Morgan fingerprint density at radius 3 is 2.55 bits per heavy atom. The van der Waals surface area contributed by atoms with Gasteiger partial charge in [-0.15, -0.1) is 0 Å². The summed E-state index contributed by atoms with van der Waals surface area (Å²) < 4.78 is 6.77. The minimum absolute atomic E-state index is 0.131. The van der Waals surface area contributed by atoms with E-state index in [2.05, 4.69) is 10.4 Å². The Hall–Kier alpha value is -2.83. The SMILES string of the molecule is O=C(COc1ccccc1Cl)NCCCn1nc(-c2ccc(Cl)cc2)ccc1=O. The van der Waals surface area contributed by atoms with Crippen molar-refractivity contribution < 1.29 is 9.53 Å². The van der Waals surface area contributed by atoms with Crippen molar-refractivity contribution in [3.8, 4) is 17.0 Å². The molecule has 0 radical (unpaired) electrons. The van der Waals surface area contributed by atoms with Crippen molar-refractivity contribution in [2.24, 2.45) is 0 Å². The average Bonchev–Trinajstić information content (AvgIpc) is 2.72. The lowest BCUT2D eigenvalue weighted by Gasteiger charge is -2.10. The molecular formula is C21H19Cl2N3O3. The summed E-state index contributed by atoms with van der Waals surface area (Å²) in [6, 6.07) is 17.3. The number of carbonyl (C=O) groups is 1. The number of amides is 1. The standard InChI is InChI=1S/C21H19Cl2N3O3/c22-16-8-6-15(7-9-16)18-10-11-21(28)26(25-18)13-3-12-24-20(27)14-29-19-5-2-1-4-17(19)23/h1-2,4-11H,3,12-14H2,(H,24,27). The number of hydrogen-bond donors (Lipinski definition) is 1. The van der Waals surface area contributed by atoms with Gasteiger partial charge in [0.15, 0.2) is 6.61 Å². The third-order valence-corrected chi connectivity index (χ3v) is 4.64. The third kappa shape index (κ3) is 6.07. The molecule has 0 saturated heterocycles. The fourth-order valence-corrected chi connectivity index (χ4v) is 2.91. The first-order valence-corrected chi connectivity index (χ1v) is 9.76. The number of rotatable bonds is 8. The number of nitrogens with zero attached hydrogens (tertiary/aromatic N) is 2. The number of aryl methyl sites for hydroxylation is 1. The quantitative estimate of drug-likeness (QED) is 0.550. The van der Waals surface area contributed by atoms with Crippen molar-refractivity contribution in [3.05, 3.63) is 81.1 Å². The molecule has 150 valence electrons. The van der Waals surface area contributed by atoms with Gasteiger partial charge in [0.25, 0.3) is 11.5 Å². The van der Waals surface area contributed by atoms with E-state index in [9.17, 15) is 9.59 Å². The molecule has 0 atom stereocenters. The highest BCUT2D eigenvalue weighted by atomic mass is 35.5. The van der Waals surface area contributed by atoms with Gasteiger partial charge in [-0.05, 0) is 36.8 Å². The molecule has 0 aliphatic carbocycles. The Labute approximate surface area is 178 Å². The predicted molar refractivity (Wildman–Crippen MR) is 114 cm³/mol. The fourth-order valence-electron chi connectivity index (χ4n) is 2.60. The molecule has 6 nitrogen and oxygen atoms in total. The van der Waals surface area contributed by atoms with Gasteiger partial charge in [0, 0.05) is 29.7 Å². The van der Waals surface area contributed by atoms with Crippen LogP contribution in [0.4, 0.5) is 0 Å². The molecule has 1 aromatic heterocycles. The summed E-state index contributed by atoms with van der Waals surface area (Å²) in [6.45, 7) is 0.643. The van der Waals surface area contributed by atoms with Gasteiger partial charge in [-0.2, -0.15) is 5.10 Å². The second-order valence-electron chi connectivity index (χ2n) is 6.21. The van der Waals surface area contributed by atoms with Crippen molar-refractivity contribution >= 4 is 29.1 Å². The highest BCUT2D eigenvalue weighted by Gasteiger charge is 2.06. The third-order valence-electron chi connectivity index (χ3n) is 4.07. The summed E-state index contributed by atoms with van der Waals surface area (Å²) in [5.74, 6) is 0.194. The van der Waals surface area contributed by atoms with Gasteiger partial charge >= 0.3 is 0 Å². The first-order valence-electron chi connectivity index (χ1n) is 9.01. The molecule has 2 aromatic carbocycles. The van der Waals surface area contributed by atoms with Crippen molar-refractivity contribution in [2.45, 2.75) is 13.0 Å². The van der Waals surface area contributed by atoms with Gasteiger partial charge < -0.3 is 10.1 Å². The molecular weight excluding hydrogens is 413 g/mol. The summed E-state index contributed by atoms with van der Waals surface area (Å²) >= 11 is 11.9. The van der Waals surface area contributed by atoms with E-state index >= 15 is 0 Å². The van der Waals surface area contributed by atoms with Crippen molar-refractivity contribution in [1.29, 1.82) is 0 Å². The molecule has 1 amide bonds. The molecule has 1 N–H and O–H groups in total. The van der Waals surface area contributed by atoms with E-state index in [1.165, 1.54) is 10.7 Å². The topological polar surface area (TPSA) is 73.2 Å². The molecule has 29 heavy (non-hydrogen) atoms. The zero-order valence-corrected chi connectivity index (χ0v) is 17.0. The van der Waals surface area contributed by atoms with E-state index in [1.807, 2.05) is 12.1 Å². The van der Waals surface area contributed by atoms with Crippen LogP contribution in [0.2, 0.25) is 10.0 Å². The second-order valence-corrected chi connectivity index (χ2v) is 7.05. The molecule has 0 aliphatic rings. The van der Waals surface area contributed by atoms with Gasteiger partial charge in [-0.25, -0.2) is 4.68 Å². The molecule has 8 heteroatoms. The fraction of sp³-hybridized carbons (Fsp3) is 0.190. The average molecular weight is 432 g/mol. The summed E-state index contributed by atoms with van der Waals surface area (Å²) in [5, 5.41) is 8.22. The largest absolute Gasteiger partial charge is 0.482 e. The van der Waals surface area contributed by atoms with Crippen LogP contribution < -0.4 is 15.6 Å². The lowest BCUT2D eigenvalue weighted by molar-refractivity contribution is -0.123. The van der Waals surface area contributed by atoms with Crippen LogP contribution in [-0.4, -0.2) is 28.8 Å². The van der Waals surface area contributed by atoms with Crippen molar-refractivity contribution in [3.63, 3.8) is 0 Å². The molecule has 0 unspecified atom stereocenters. The number of hydrogen-bond acceptors (Lipinski definition) is 4. The highest BCUT2D eigenvalue weighted by Crippen LogP contribution is 2.22. The first kappa shape index (κ1) is 20.9. The zero-order valence-electron chi connectivity index (χ0n) is 15.5. The number of nitrogens with one attached hydrogen (secondary N) is 1. The predicted octanol–water partition coefficient (Wildman–Crippen LogP) is 3.80. The number of ether oxygens (including phenoxy) is 1. The number of aromatic nitrogens is 2. The smallest absolute Gasteiger partial charge is 0.266 e. The van der Waals surface area contributed by atoms with Crippen LogP contribution in [0, 0.1) is 0 Å². The van der Waals surface area contributed by atoms with Crippen LogP contribution in [0.5, 0.6) is 5.75 Å². The molecule has 0 saturated carbocycles. The van der Waals surface area contributed by atoms with E-state index in [0.29, 0.717) is 41.0 Å². The molecule has 0 aliphatic heterocycles. The van der Waals surface area contributed by atoms with Gasteiger partial charge in [0.1, 0.15) is 5.75 Å². The van der Waals surface area contributed by atoms with Crippen LogP contribution in [0.3, 0.4) is 0 Å². The molecule has 0 spiro atoms. The Morgan fingerprint density at radius 1 is 1.03 bits per heavy atom. The molecule has 0 fully saturated rings. The maximum absolute atomic E-state index is 12.0. The van der Waals surface area contributed by atoms with Gasteiger partial charge in [-0.1, -0.05) is 47.5 Å². The maximum atomic E-state index is 12.0. The highest BCUT2D eigenvalue weighted by molar-refractivity contribution is 6.32. The normalized spacial score (nSPS) is 10.6. The number of carbonyl (C=O) groups excluding carboxylic acids is 1. The number of para-hydroxylation sites is 1. The lowest BCUT2D eigenvalue weighted by Crippen LogP contribution is -2.31. The molecule has 3 rings (SSSR count). The molecule has 0 bridgehead atoms. The Bertz CT molecular complexity index is 1040. The maximum Gasteiger partial charge on any atom is 0.266 e. The van der Waals surface area contributed by atoms with Crippen molar-refractivity contribution in [2.75, 3.05) is 13.2 Å². The van der Waals surface area contributed by atoms with Crippen LogP contribution in [-0.2, 0) is 11.3 Å². The van der Waals surface area contributed by atoms with E-state index in [0.717, 1.165) is 5.56 Å². The number of halogens is 2. The van der Waals surface area contributed by atoms with E-state index in [1.54, 1.807) is 42.5 Å². The Morgan fingerprint density at radius 2 is 1.79 bits per heavy atom. The second kappa shape index (κ2) is 10.1. The molecule has 1 heterocycles. The van der Waals surface area contributed by atoms with Crippen LogP contribution in [0.15, 0.2) is 65.5 Å². The van der Waals surface area contributed by atoms with Crippen LogP contribution >= 0.6 is 23.2 Å². The zero-order chi connectivity index (χ0) is 20.6. The summed E-state index contributed by atoms with van der Waals surface area (Å²) in [4.78, 5) is 23.9. The van der Waals surface area contributed by atoms with Crippen LogP contribution in [0.1, 0.15) is 6.42 Å². The lowest BCUT2D eigenvalue weighted by atomic mass is 10.1. The molecule has 3 aromatic rings. The van der Waals surface area contributed by atoms with E-state index in [4.69, 9.17) is 27.9 Å². The van der Waals surface area contributed by atoms with Gasteiger partial charge in [-0.3, -0.25) is 9.59 Å². The van der Waals surface area contributed by atoms with Crippen molar-refractivity contribution in [1.82, 2.24) is 15.1 Å². The minimum atomic E-state index is -0.264. The summed E-state index contributed by atoms with van der Waals surface area (Å²) in [7, 11) is 0. The Balaban J connectivity index is 1.48. The first-order chi connectivity index (χ1) is 14.0. The monoisotopic (exact) mass is 431 g/mol. The summed E-state index contributed by atoms with van der Waals surface area (Å²) in [5.41, 5.74) is 1.35. The van der Waals surface area contributed by atoms with E-state index in [-0.39, 0.29) is 18.1 Å².